The summed E-state index contributed by atoms with van der Waals surface area (Å²) in [6.45, 7) is 9.44. The molecule has 0 aliphatic carbocycles. The summed E-state index contributed by atoms with van der Waals surface area (Å²) in [4.78, 5) is 17.6. The van der Waals surface area contributed by atoms with Crippen LogP contribution in [-0.4, -0.2) is 62.1 Å². The molecule has 2 aromatic rings. The highest BCUT2D eigenvalue weighted by atomic mass is 32.1. The van der Waals surface area contributed by atoms with Crippen molar-refractivity contribution >= 4 is 27.3 Å². The number of amides is 1. The van der Waals surface area contributed by atoms with Gasteiger partial charge in [0.15, 0.2) is 0 Å². The van der Waals surface area contributed by atoms with Crippen LogP contribution in [-0.2, 0) is 4.74 Å². The smallest absolute Gasteiger partial charge is 0.263 e. The second-order valence-corrected chi connectivity index (χ2v) is 8.59. The van der Waals surface area contributed by atoms with Crippen molar-refractivity contribution in [3.05, 3.63) is 35.0 Å². The predicted octanol–water partition coefficient (Wildman–Crippen LogP) is 3.47. The number of nitrogens with zero attached hydrogens (tertiary/aromatic N) is 2. The molecule has 0 radical (unpaired) electrons. The Balaban J connectivity index is 1.66. The minimum absolute atomic E-state index is 0.00309. The fourth-order valence-corrected chi connectivity index (χ4v) is 4.47. The Hall–Kier alpha value is -1.50. The van der Waals surface area contributed by atoms with E-state index in [9.17, 15) is 9.18 Å². The van der Waals surface area contributed by atoms with Gasteiger partial charge in [-0.15, -0.1) is 11.3 Å². The van der Waals surface area contributed by atoms with E-state index in [4.69, 9.17) is 4.74 Å². The summed E-state index contributed by atoms with van der Waals surface area (Å²) in [6, 6.07) is 6.43. The first kappa shape index (κ1) is 18.3. The van der Waals surface area contributed by atoms with E-state index in [1.54, 1.807) is 17.0 Å². The molecule has 1 aromatic carbocycles. The lowest BCUT2D eigenvalue weighted by molar-refractivity contribution is 0.0163. The Morgan fingerprint density at radius 1 is 1.32 bits per heavy atom. The van der Waals surface area contributed by atoms with Crippen LogP contribution in [0.25, 0.3) is 10.1 Å². The lowest BCUT2D eigenvalue weighted by atomic mass is 9.91. The van der Waals surface area contributed by atoms with Crippen LogP contribution in [0.2, 0.25) is 0 Å². The molecule has 0 saturated carbocycles. The van der Waals surface area contributed by atoms with Crippen LogP contribution in [0, 0.1) is 11.2 Å². The molecule has 4 nitrogen and oxygen atoms in total. The van der Waals surface area contributed by atoms with Crippen molar-refractivity contribution in [2.75, 3.05) is 46.4 Å². The summed E-state index contributed by atoms with van der Waals surface area (Å²) in [5.74, 6) is -0.277. The number of benzene rings is 1. The van der Waals surface area contributed by atoms with Gasteiger partial charge in [0.1, 0.15) is 5.82 Å². The lowest BCUT2D eigenvalue weighted by Crippen LogP contribution is -2.46. The SMILES string of the molecule is CN(CC(C)(C)CN1CCOCC1)C(=O)c1cc2cc(F)ccc2s1. The summed E-state index contributed by atoms with van der Waals surface area (Å²) >= 11 is 1.42. The average Bonchev–Trinajstić information content (AvgIpc) is 2.97. The number of hydrogen-bond donors (Lipinski definition) is 0. The summed E-state index contributed by atoms with van der Waals surface area (Å²) < 4.78 is 19.7. The van der Waals surface area contributed by atoms with Crippen molar-refractivity contribution in [2.24, 2.45) is 5.41 Å². The molecule has 0 atom stereocenters. The molecule has 136 valence electrons. The van der Waals surface area contributed by atoms with Crippen LogP contribution in [0.1, 0.15) is 23.5 Å². The van der Waals surface area contributed by atoms with Crippen LogP contribution in [0.3, 0.4) is 0 Å². The standard InChI is InChI=1S/C19H25FN2O2S/c1-19(2,13-22-6-8-24-9-7-22)12-21(3)18(23)17-11-14-10-15(20)4-5-16(14)25-17/h4-5,10-11H,6-9,12-13H2,1-3H3. The van der Waals surface area contributed by atoms with Crippen molar-refractivity contribution < 1.29 is 13.9 Å². The van der Waals surface area contributed by atoms with Gasteiger partial charge < -0.3 is 9.64 Å². The second kappa shape index (κ2) is 7.40. The van der Waals surface area contributed by atoms with Gasteiger partial charge in [-0.2, -0.15) is 0 Å². The van der Waals surface area contributed by atoms with Crippen molar-refractivity contribution in [1.29, 1.82) is 0 Å². The van der Waals surface area contributed by atoms with Crippen LogP contribution in [0.5, 0.6) is 0 Å². The largest absolute Gasteiger partial charge is 0.379 e. The summed E-state index contributed by atoms with van der Waals surface area (Å²) in [5, 5.41) is 0.786. The third-order valence-corrected chi connectivity index (χ3v) is 5.56. The maximum Gasteiger partial charge on any atom is 0.263 e. The van der Waals surface area contributed by atoms with E-state index in [2.05, 4.69) is 18.7 Å². The van der Waals surface area contributed by atoms with Gasteiger partial charge in [-0.25, -0.2) is 4.39 Å². The highest BCUT2D eigenvalue weighted by Gasteiger charge is 2.27. The zero-order valence-electron chi connectivity index (χ0n) is 15.0. The van der Waals surface area contributed by atoms with Gasteiger partial charge in [0.25, 0.3) is 5.91 Å². The topological polar surface area (TPSA) is 32.8 Å². The van der Waals surface area contributed by atoms with Crippen LogP contribution in [0.15, 0.2) is 24.3 Å². The Kier molecular flexibility index (Phi) is 5.41. The highest BCUT2D eigenvalue weighted by molar-refractivity contribution is 7.20. The van der Waals surface area contributed by atoms with Crippen molar-refractivity contribution in [3.8, 4) is 0 Å². The number of carbonyl (C=O) groups is 1. The molecule has 2 heterocycles. The van der Waals surface area contributed by atoms with Gasteiger partial charge in [-0.3, -0.25) is 9.69 Å². The van der Waals surface area contributed by atoms with E-state index in [-0.39, 0.29) is 17.1 Å². The molecule has 3 rings (SSSR count). The number of thiophene rings is 1. The molecule has 0 N–H and O–H groups in total. The number of ether oxygens (including phenoxy) is 1. The Morgan fingerprint density at radius 2 is 2.04 bits per heavy atom. The van der Waals surface area contributed by atoms with Gasteiger partial charge >= 0.3 is 0 Å². The molecule has 1 aromatic heterocycles. The minimum atomic E-state index is -0.274. The van der Waals surface area contributed by atoms with Gasteiger partial charge in [0.2, 0.25) is 0 Å². The van der Waals surface area contributed by atoms with Crippen LogP contribution >= 0.6 is 11.3 Å². The van der Waals surface area contributed by atoms with Crippen LogP contribution < -0.4 is 0 Å². The summed E-state index contributed by atoms with van der Waals surface area (Å²) in [6.07, 6.45) is 0. The molecular weight excluding hydrogens is 339 g/mol. The zero-order chi connectivity index (χ0) is 18.0. The first-order valence-corrected chi connectivity index (χ1v) is 9.40. The van der Waals surface area contributed by atoms with Crippen molar-refractivity contribution in [2.45, 2.75) is 13.8 Å². The number of halogens is 1. The average molecular weight is 364 g/mol. The molecule has 1 amide bonds. The van der Waals surface area contributed by atoms with E-state index in [0.29, 0.717) is 11.4 Å². The quantitative estimate of drug-likeness (QED) is 0.814. The van der Waals surface area contributed by atoms with E-state index in [0.717, 1.165) is 42.9 Å². The fourth-order valence-electron chi connectivity index (χ4n) is 3.44. The van der Waals surface area contributed by atoms with Crippen molar-refractivity contribution in [1.82, 2.24) is 9.80 Å². The number of carbonyl (C=O) groups excluding carboxylic acids is 1. The van der Waals surface area contributed by atoms with E-state index >= 15 is 0 Å². The molecule has 0 bridgehead atoms. The van der Waals surface area contributed by atoms with Gasteiger partial charge in [0.05, 0.1) is 18.1 Å². The number of rotatable bonds is 5. The zero-order valence-corrected chi connectivity index (χ0v) is 15.9. The second-order valence-electron chi connectivity index (χ2n) is 7.51. The highest BCUT2D eigenvalue weighted by Crippen LogP contribution is 2.28. The molecule has 0 spiro atoms. The summed E-state index contributed by atoms with van der Waals surface area (Å²) in [7, 11) is 1.84. The molecular formula is C19H25FN2O2S. The number of morpholine rings is 1. The minimum Gasteiger partial charge on any atom is -0.379 e. The molecule has 6 heteroatoms. The third kappa shape index (κ3) is 4.57. The Morgan fingerprint density at radius 3 is 2.76 bits per heavy atom. The van der Waals surface area contributed by atoms with Gasteiger partial charge in [-0.1, -0.05) is 13.8 Å². The fraction of sp³-hybridized carbons (Fsp3) is 0.526. The van der Waals surface area contributed by atoms with Crippen LogP contribution in [0.4, 0.5) is 4.39 Å². The monoisotopic (exact) mass is 364 g/mol. The molecule has 1 aliphatic heterocycles. The first-order chi connectivity index (χ1) is 11.8. The van der Waals surface area contributed by atoms with E-state index in [1.807, 2.05) is 7.05 Å². The normalized spacial score (nSPS) is 16.3. The molecule has 25 heavy (non-hydrogen) atoms. The van der Waals surface area contributed by atoms with E-state index in [1.165, 1.54) is 23.5 Å². The third-order valence-electron chi connectivity index (χ3n) is 4.46. The van der Waals surface area contributed by atoms with Crippen molar-refractivity contribution in [3.63, 3.8) is 0 Å². The molecule has 1 saturated heterocycles. The summed E-state index contributed by atoms with van der Waals surface area (Å²) in [5.41, 5.74) is -0.00938. The predicted molar refractivity (Wildman–Crippen MR) is 99.8 cm³/mol. The Bertz CT molecular complexity index is 753. The maximum atomic E-state index is 13.3. The number of hydrogen-bond acceptors (Lipinski definition) is 4. The molecule has 1 fully saturated rings. The lowest BCUT2D eigenvalue weighted by Gasteiger charge is -2.37. The Labute approximate surface area is 152 Å². The first-order valence-electron chi connectivity index (χ1n) is 8.59. The van der Waals surface area contributed by atoms with Gasteiger partial charge in [0, 0.05) is 37.9 Å². The van der Waals surface area contributed by atoms with E-state index < -0.39 is 0 Å². The molecule has 0 unspecified atom stereocenters. The number of fused-ring (bicyclic) bond motifs is 1. The molecule has 1 aliphatic rings. The maximum absolute atomic E-state index is 13.3. The van der Waals surface area contributed by atoms with Gasteiger partial charge in [-0.05, 0) is 35.1 Å².